The molecule has 1 N–H and O–H groups in total. The summed E-state index contributed by atoms with van der Waals surface area (Å²) in [4.78, 5) is 40.4. The fourth-order valence-corrected chi connectivity index (χ4v) is 4.45. The van der Waals surface area contributed by atoms with Crippen molar-refractivity contribution in [1.29, 1.82) is 0 Å². The van der Waals surface area contributed by atoms with Crippen molar-refractivity contribution < 1.29 is 18.3 Å². The third-order valence-corrected chi connectivity index (χ3v) is 7.01. The molecule has 0 bridgehead atoms. The van der Waals surface area contributed by atoms with Gasteiger partial charge in [0.05, 0.1) is 23.3 Å². The molecule has 0 saturated carbocycles. The SMILES string of the molecule is Cc1cnc(-c2ccnc([Si](C)(C)O)n2)cc1-n1c(C)cc(OCc2ncc(F)cc2F)c(Cl)c1=O. The Hall–Kier alpha value is -3.54. The van der Waals surface area contributed by atoms with Crippen molar-refractivity contribution in [3.05, 3.63) is 86.8 Å². The Labute approximate surface area is 211 Å². The zero-order valence-electron chi connectivity index (χ0n) is 19.9. The highest BCUT2D eigenvalue weighted by molar-refractivity contribution is 6.81. The molecule has 4 aromatic heterocycles. The van der Waals surface area contributed by atoms with E-state index < -0.39 is 25.5 Å². The number of hydrogen-bond acceptors (Lipinski definition) is 7. The lowest BCUT2D eigenvalue weighted by Gasteiger charge is -2.17. The zero-order chi connectivity index (χ0) is 26.2. The minimum atomic E-state index is -2.74. The Morgan fingerprint density at radius 1 is 1.08 bits per heavy atom. The van der Waals surface area contributed by atoms with Gasteiger partial charge < -0.3 is 9.53 Å². The van der Waals surface area contributed by atoms with Gasteiger partial charge in [-0.2, -0.15) is 0 Å². The van der Waals surface area contributed by atoms with Gasteiger partial charge in [-0.25, -0.2) is 18.7 Å². The lowest BCUT2D eigenvalue weighted by Crippen LogP contribution is -2.45. The largest absolute Gasteiger partial charge is 0.485 e. The lowest BCUT2D eigenvalue weighted by atomic mass is 10.1. The average molecular weight is 530 g/mol. The summed E-state index contributed by atoms with van der Waals surface area (Å²) in [6.07, 6.45) is 4.05. The van der Waals surface area contributed by atoms with Crippen LogP contribution in [0.4, 0.5) is 8.78 Å². The third kappa shape index (κ3) is 5.18. The van der Waals surface area contributed by atoms with Crippen LogP contribution < -0.4 is 15.7 Å². The molecule has 0 spiro atoms. The van der Waals surface area contributed by atoms with Crippen LogP contribution in [-0.4, -0.2) is 37.6 Å². The molecule has 4 aromatic rings. The van der Waals surface area contributed by atoms with Gasteiger partial charge in [0, 0.05) is 30.2 Å². The number of hydrogen-bond donors (Lipinski definition) is 1. The molecular weight excluding hydrogens is 508 g/mol. The molecule has 0 amide bonds. The molecule has 0 saturated heterocycles. The molecule has 0 aliphatic rings. The summed E-state index contributed by atoms with van der Waals surface area (Å²) in [5.74, 6) is -1.63. The molecule has 0 aliphatic heterocycles. The van der Waals surface area contributed by atoms with Gasteiger partial charge in [-0.3, -0.25) is 19.3 Å². The molecule has 0 aromatic carbocycles. The van der Waals surface area contributed by atoms with Crippen LogP contribution in [0.15, 0.2) is 47.7 Å². The molecule has 4 rings (SSSR count). The van der Waals surface area contributed by atoms with Crippen LogP contribution >= 0.6 is 11.6 Å². The highest BCUT2D eigenvalue weighted by Gasteiger charge is 2.25. The monoisotopic (exact) mass is 529 g/mol. The highest BCUT2D eigenvalue weighted by Crippen LogP contribution is 2.27. The van der Waals surface area contributed by atoms with E-state index in [-0.39, 0.29) is 23.1 Å². The van der Waals surface area contributed by atoms with Crippen LogP contribution in [-0.2, 0) is 6.61 Å². The molecule has 8 nitrogen and oxygen atoms in total. The van der Waals surface area contributed by atoms with Gasteiger partial charge in [0.1, 0.15) is 34.3 Å². The second-order valence-corrected chi connectivity index (χ2v) is 12.6. The maximum atomic E-state index is 13.9. The van der Waals surface area contributed by atoms with Crippen molar-refractivity contribution in [2.24, 2.45) is 0 Å². The molecule has 0 atom stereocenters. The van der Waals surface area contributed by atoms with E-state index in [1.165, 1.54) is 4.57 Å². The number of halogens is 3. The topological polar surface area (TPSA) is 103 Å². The summed E-state index contributed by atoms with van der Waals surface area (Å²) in [5, 5.41) is -0.210. The Kier molecular flexibility index (Phi) is 6.98. The zero-order valence-corrected chi connectivity index (χ0v) is 21.6. The summed E-state index contributed by atoms with van der Waals surface area (Å²) in [5.41, 5.74) is 2.42. The van der Waals surface area contributed by atoms with Crippen LogP contribution in [0.3, 0.4) is 0 Å². The Morgan fingerprint density at radius 3 is 2.53 bits per heavy atom. The number of rotatable bonds is 6. The van der Waals surface area contributed by atoms with Gasteiger partial charge in [-0.1, -0.05) is 11.6 Å². The van der Waals surface area contributed by atoms with Gasteiger partial charge in [0.25, 0.3) is 13.9 Å². The molecule has 0 unspecified atom stereocenters. The van der Waals surface area contributed by atoms with Crippen molar-refractivity contribution in [3.63, 3.8) is 0 Å². The van der Waals surface area contributed by atoms with E-state index in [0.29, 0.717) is 39.8 Å². The first-order valence-electron chi connectivity index (χ1n) is 10.8. The van der Waals surface area contributed by atoms with Gasteiger partial charge in [0.15, 0.2) is 5.82 Å². The second-order valence-electron chi connectivity index (χ2n) is 8.66. The van der Waals surface area contributed by atoms with Crippen molar-refractivity contribution in [3.8, 4) is 22.8 Å². The smallest absolute Gasteiger partial charge is 0.277 e. The predicted molar refractivity (Wildman–Crippen MR) is 133 cm³/mol. The third-order valence-electron chi connectivity index (χ3n) is 5.33. The number of pyridine rings is 3. The van der Waals surface area contributed by atoms with E-state index in [2.05, 4.69) is 19.9 Å². The molecule has 186 valence electrons. The first-order valence-corrected chi connectivity index (χ1v) is 14.2. The molecular formula is C24H22ClF2N5O3Si. The molecule has 4 heterocycles. The highest BCUT2D eigenvalue weighted by atomic mass is 35.5. The number of aromatic nitrogens is 5. The van der Waals surface area contributed by atoms with E-state index in [1.54, 1.807) is 57.5 Å². The first-order chi connectivity index (χ1) is 17.0. The van der Waals surface area contributed by atoms with Crippen molar-refractivity contribution in [2.75, 3.05) is 0 Å². The second kappa shape index (κ2) is 9.84. The molecule has 36 heavy (non-hydrogen) atoms. The maximum Gasteiger partial charge on any atom is 0.277 e. The normalized spacial score (nSPS) is 11.6. The van der Waals surface area contributed by atoms with Crippen LogP contribution in [0.5, 0.6) is 5.75 Å². The first kappa shape index (κ1) is 25.5. The Bertz CT molecular complexity index is 1530. The van der Waals surface area contributed by atoms with E-state index >= 15 is 0 Å². The van der Waals surface area contributed by atoms with Crippen LogP contribution in [0.2, 0.25) is 18.1 Å². The summed E-state index contributed by atoms with van der Waals surface area (Å²) in [7, 11) is -2.74. The predicted octanol–water partition coefficient (Wildman–Crippen LogP) is 3.62. The van der Waals surface area contributed by atoms with Gasteiger partial charge in [-0.05, 0) is 44.6 Å². The summed E-state index contributed by atoms with van der Waals surface area (Å²) >= 11 is 6.34. The average Bonchev–Trinajstić information content (AvgIpc) is 2.82. The van der Waals surface area contributed by atoms with Gasteiger partial charge >= 0.3 is 0 Å². The number of ether oxygens (including phenoxy) is 1. The van der Waals surface area contributed by atoms with E-state index in [9.17, 15) is 18.4 Å². The summed E-state index contributed by atoms with van der Waals surface area (Å²) in [6, 6.07) is 5.63. The van der Waals surface area contributed by atoms with E-state index in [0.717, 1.165) is 6.20 Å². The fourth-order valence-electron chi connectivity index (χ4n) is 3.47. The Balaban J connectivity index is 1.72. The van der Waals surface area contributed by atoms with E-state index in [4.69, 9.17) is 16.3 Å². The quantitative estimate of drug-likeness (QED) is 0.380. The molecule has 0 aliphatic carbocycles. The van der Waals surface area contributed by atoms with Gasteiger partial charge in [-0.15, -0.1) is 0 Å². The summed E-state index contributed by atoms with van der Waals surface area (Å²) in [6.45, 7) is 6.59. The van der Waals surface area contributed by atoms with Gasteiger partial charge in [0.2, 0.25) is 0 Å². The minimum absolute atomic E-state index is 0.0449. The maximum absolute atomic E-state index is 13.9. The van der Waals surface area contributed by atoms with Crippen molar-refractivity contribution >= 4 is 25.4 Å². The Morgan fingerprint density at radius 2 is 1.83 bits per heavy atom. The standard InChI is InChI=1S/C24H22ClF2N5O3Si/c1-13-10-29-18(17-5-6-28-24(31-17)36(3,4)34)9-20(13)32-14(2)7-21(22(25)23(32)33)35-12-19-16(27)8-15(26)11-30-19/h5-11,34H,12H2,1-4H3. The van der Waals surface area contributed by atoms with Crippen molar-refractivity contribution in [2.45, 2.75) is 33.5 Å². The number of aryl methyl sites for hydroxylation is 2. The lowest BCUT2D eigenvalue weighted by molar-refractivity contribution is 0.292. The van der Waals surface area contributed by atoms with E-state index in [1.807, 2.05) is 0 Å². The van der Waals surface area contributed by atoms with Crippen LogP contribution in [0, 0.1) is 25.5 Å². The van der Waals surface area contributed by atoms with Crippen LogP contribution in [0.1, 0.15) is 17.0 Å². The number of nitrogens with zero attached hydrogens (tertiary/aromatic N) is 5. The minimum Gasteiger partial charge on any atom is -0.485 e. The molecule has 0 radical (unpaired) electrons. The fraction of sp³-hybridized carbons (Fsp3) is 0.208. The molecule has 12 heteroatoms. The van der Waals surface area contributed by atoms with Crippen molar-refractivity contribution in [1.82, 2.24) is 24.5 Å². The molecule has 0 fully saturated rings. The van der Waals surface area contributed by atoms with Crippen LogP contribution in [0.25, 0.3) is 17.1 Å². The summed E-state index contributed by atoms with van der Waals surface area (Å²) < 4.78 is 34.0.